The van der Waals surface area contributed by atoms with E-state index < -0.39 is 0 Å². The van der Waals surface area contributed by atoms with E-state index in [1.807, 2.05) is 37.4 Å². The third-order valence-corrected chi connectivity index (χ3v) is 3.46. The van der Waals surface area contributed by atoms with Crippen LogP contribution >= 0.6 is 11.8 Å². The fourth-order valence-electron chi connectivity index (χ4n) is 1.58. The van der Waals surface area contributed by atoms with Crippen LogP contribution in [0.15, 0.2) is 0 Å². The van der Waals surface area contributed by atoms with E-state index in [0.29, 0.717) is 11.2 Å². The van der Waals surface area contributed by atoms with E-state index in [1.54, 1.807) is 0 Å². The molecule has 0 aromatic carbocycles. The Morgan fingerprint density at radius 3 is 2.46 bits per heavy atom. The Labute approximate surface area is 85.1 Å². The van der Waals surface area contributed by atoms with E-state index in [0.717, 1.165) is 19.5 Å². The summed E-state index contributed by atoms with van der Waals surface area (Å²) < 4.78 is 0. The van der Waals surface area contributed by atoms with Gasteiger partial charge in [0.1, 0.15) is 0 Å². The van der Waals surface area contributed by atoms with Crippen LogP contribution in [0.5, 0.6) is 0 Å². The van der Waals surface area contributed by atoms with E-state index in [-0.39, 0.29) is 5.41 Å². The van der Waals surface area contributed by atoms with E-state index in [9.17, 15) is 4.79 Å². The predicted molar refractivity (Wildman–Crippen MR) is 58.0 cm³/mol. The summed E-state index contributed by atoms with van der Waals surface area (Å²) in [7, 11) is 0. The van der Waals surface area contributed by atoms with E-state index >= 15 is 0 Å². The van der Waals surface area contributed by atoms with Crippen molar-refractivity contribution < 1.29 is 4.79 Å². The van der Waals surface area contributed by atoms with Gasteiger partial charge < -0.3 is 4.90 Å². The maximum atomic E-state index is 11.8. The topological polar surface area (TPSA) is 20.3 Å². The molecule has 1 heterocycles. The van der Waals surface area contributed by atoms with Crippen molar-refractivity contribution in [2.75, 3.05) is 19.3 Å². The Hall–Kier alpha value is -0.180. The van der Waals surface area contributed by atoms with Crippen LogP contribution in [0.2, 0.25) is 0 Å². The zero-order valence-electron chi connectivity index (χ0n) is 8.96. The maximum Gasteiger partial charge on any atom is 0.227 e. The van der Waals surface area contributed by atoms with Crippen molar-refractivity contribution >= 4 is 17.7 Å². The highest BCUT2D eigenvalue weighted by molar-refractivity contribution is 7.99. The molecule has 0 aromatic rings. The highest BCUT2D eigenvalue weighted by Crippen LogP contribution is 2.25. The largest absolute Gasteiger partial charge is 0.341 e. The summed E-state index contributed by atoms with van der Waals surface area (Å²) in [4.78, 5) is 13.8. The molecule has 1 amide bonds. The van der Waals surface area contributed by atoms with Crippen molar-refractivity contribution in [3.05, 3.63) is 0 Å². The lowest BCUT2D eigenvalue weighted by atomic mass is 9.95. The number of thioether (sulfide) groups is 1. The highest BCUT2D eigenvalue weighted by Gasteiger charge is 2.32. The van der Waals surface area contributed by atoms with Crippen LogP contribution in [0.3, 0.4) is 0 Å². The molecule has 0 N–H and O–H groups in total. The zero-order chi connectivity index (χ0) is 10.1. The van der Waals surface area contributed by atoms with Crippen molar-refractivity contribution in [3.8, 4) is 0 Å². The van der Waals surface area contributed by atoms with Crippen molar-refractivity contribution in [2.24, 2.45) is 5.41 Å². The molecular weight excluding hydrogens is 182 g/mol. The first-order chi connectivity index (χ1) is 5.95. The third kappa shape index (κ3) is 2.63. The van der Waals surface area contributed by atoms with Crippen LogP contribution < -0.4 is 0 Å². The summed E-state index contributed by atoms with van der Waals surface area (Å²) >= 11 is 1.87. The molecule has 0 aromatic heterocycles. The minimum Gasteiger partial charge on any atom is -0.341 e. The predicted octanol–water partition coefficient (Wildman–Crippen LogP) is 2.00. The number of likely N-dealkylation sites (tertiary alicyclic amines) is 1. The molecule has 13 heavy (non-hydrogen) atoms. The van der Waals surface area contributed by atoms with Crippen LogP contribution in [0.25, 0.3) is 0 Å². The quantitative estimate of drug-likeness (QED) is 0.646. The minimum atomic E-state index is -0.215. The van der Waals surface area contributed by atoms with Gasteiger partial charge in [0.25, 0.3) is 0 Å². The summed E-state index contributed by atoms with van der Waals surface area (Å²) in [6, 6.07) is 0. The molecule has 0 bridgehead atoms. The van der Waals surface area contributed by atoms with Crippen molar-refractivity contribution in [1.29, 1.82) is 0 Å². The van der Waals surface area contributed by atoms with E-state index in [1.165, 1.54) is 0 Å². The second-order valence-electron chi connectivity index (χ2n) is 4.65. The normalized spacial score (nSPS) is 23.7. The van der Waals surface area contributed by atoms with Crippen molar-refractivity contribution in [1.82, 2.24) is 4.90 Å². The third-order valence-electron chi connectivity index (χ3n) is 2.41. The van der Waals surface area contributed by atoms with E-state index in [4.69, 9.17) is 0 Å². The highest BCUT2D eigenvalue weighted by atomic mass is 32.2. The van der Waals surface area contributed by atoms with Gasteiger partial charge in [-0.05, 0) is 12.7 Å². The minimum absolute atomic E-state index is 0.215. The summed E-state index contributed by atoms with van der Waals surface area (Å²) in [5.74, 6) is 0.295. The fourth-order valence-corrected chi connectivity index (χ4v) is 2.25. The lowest BCUT2D eigenvalue weighted by Crippen LogP contribution is -2.38. The molecule has 1 aliphatic heterocycles. The molecular formula is C10H19NOS. The maximum absolute atomic E-state index is 11.8. The molecule has 1 fully saturated rings. The average Bonchev–Trinajstić information content (AvgIpc) is 2.48. The molecule has 76 valence electrons. The second kappa shape index (κ2) is 3.91. The SMILES string of the molecule is CSC1CCN(C(=O)C(C)(C)C)C1. The standard InChI is InChI=1S/C10H19NOS/c1-10(2,3)9(12)11-6-5-8(7-11)13-4/h8H,5-7H2,1-4H3. The van der Waals surface area contributed by atoms with Crippen LogP contribution in [0.4, 0.5) is 0 Å². The molecule has 0 saturated carbocycles. The van der Waals surface area contributed by atoms with Crippen LogP contribution in [-0.2, 0) is 4.79 Å². The Bertz CT molecular complexity index is 198. The van der Waals surface area contributed by atoms with Gasteiger partial charge in [-0.3, -0.25) is 4.79 Å². The van der Waals surface area contributed by atoms with Crippen LogP contribution in [0, 0.1) is 5.41 Å². The average molecular weight is 201 g/mol. The van der Waals surface area contributed by atoms with Gasteiger partial charge >= 0.3 is 0 Å². The Balaban J connectivity index is 2.52. The molecule has 1 saturated heterocycles. The molecule has 3 heteroatoms. The molecule has 1 atom stereocenters. The molecule has 0 radical (unpaired) electrons. The van der Waals surface area contributed by atoms with Crippen molar-refractivity contribution in [2.45, 2.75) is 32.4 Å². The van der Waals surface area contributed by atoms with Crippen LogP contribution in [-0.4, -0.2) is 35.4 Å². The summed E-state index contributed by atoms with van der Waals surface area (Å²) in [6.07, 6.45) is 3.28. The lowest BCUT2D eigenvalue weighted by molar-refractivity contribution is -0.138. The molecule has 2 nitrogen and oxygen atoms in total. The summed E-state index contributed by atoms with van der Waals surface area (Å²) in [6.45, 7) is 7.85. The van der Waals surface area contributed by atoms with E-state index in [2.05, 4.69) is 6.26 Å². The van der Waals surface area contributed by atoms with Gasteiger partial charge in [0.05, 0.1) is 0 Å². The van der Waals surface area contributed by atoms with Gasteiger partial charge in [-0.15, -0.1) is 0 Å². The zero-order valence-corrected chi connectivity index (χ0v) is 9.78. The number of nitrogens with zero attached hydrogens (tertiary/aromatic N) is 1. The number of rotatable bonds is 1. The molecule has 1 rings (SSSR count). The number of carbonyl (C=O) groups is 1. The number of amides is 1. The Morgan fingerprint density at radius 2 is 2.08 bits per heavy atom. The molecule has 0 spiro atoms. The first-order valence-corrected chi connectivity index (χ1v) is 6.06. The number of hydrogen-bond acceptors (Lipinski definition) is 2. The van der Waals surface area contributed by atoms with Gasteiger partial charge in [0.2, 0.25) is 5.91 Å². The van der Waals surface area contributed by atoms with Gasteiger partial charge in [0.15, 0.2) is 0 Å². The smallest absolute Gasteiger partial charge is 0.227 e. The van der Waals surface area contributed by atoms with Gasteiger partial charge in [-0.25, -0.2) is 0 Å². The molecule has 0 aliphatic carbocycles. The first-order valence-electron chi connectivity index (χ1n) is 4.77. The first kappa shape index (κ1) is 10.9. The van der Waals surface area contributed by atoms with Gasteiger partial charge in [-0.2, -0.15) is 11.8 Å². The van der Waals surface area contributed by atoms with Gasteiger partial charge in [-0.1, -0.05) is 20.8 Å². The monoisotopic (exact) mass is 201 g/mol. The van der Waals surface area contributed by atoms with Crippen molar-refractivity contribution in [3.63, 3.8) is 0 Å². The second-order valence-corrected chi connectivity index (χ2v) is 5.79. The van der Waals surface area contributed by atoms with Gasteiger partial charge in [0, 0.05) is 23.8 Å². The number of carbonyl (C=O) groups excluding carboxylic acids is 1. The summed E-state index contributed by atoms with van der Waals surface area (Å²) in [5, 5.41) is 0.659. The Morgan fingerprint density at radius 1 is 1.46 bits per heavy atom. The Kier molecular flexibility index (Phi) is 3.28. The number of hydrogen-bond donors (Lipinski definition) is 0. The lowest BCUT2D eigenvalue weighted by Gasteiger charge is -2.25. The molecule has 1 aliphatic rings. The van der Waals surface area contributed by atoms with Crippen LogP contribution in [0.1, 0.15) is 27.2 Å². The molecule has 1 unspecified atom stereocenters. The summed E-state index contributed by atoms with van der Waals surface area (Å²) in [5.41, 5.74) is -0.215. The fraction of sp³-hybridized carbons (Fsp3) is 0.900.